The van der Waals surface area contributed by atoms with E-state index in [2.05, 4.69) is 22.8 Å². The van der Waals surface area contributed by atoms with Gasteiger partial charge in [-0.25, -0.2) is 0 Å². The Kier molecular flexibility index (Phi) is 4.74. The summed E-state index contributed by atoms with van der Waals surface area (Å²) in [4.78, 5) is 0. The number of nitrogens with one attached hydrogen (secondary N) is 2. The number of rotatable bonds is 2. The third kappa shape index (κ3) is 3.59. The number of halogens is 1. The third-order valence-corrected chi connectivity index (χ3v) is 4.45. The van der Waals surface area contributed by atoms with Crippen LogP contribution in [0, 0.1) is 13.8 Å². The summed E-state index contributed by atoms with van der Waals surface area (Å²) in [5.41, 5.74) is 4.20. The Labute approximate surface area is 147 Å². The largest absolute Gasteiger partial charge is 0.493 e. The minimum Gasteiger partial charge on any atom is -0.493 e. The summed E-state index contributed by atoms with van der Waals surface area (Å²) in [6.45, 7) is 4.73. The lowest BCUT2D eigenvalue weighted by atomic mass is 10.0. The topological polar surface area (TPSA) is 33.3 Å². The summed E-state index contributed by atoms with van der Waals surface area (Å²) in [5, 5.41) is 7.86. The Morgan fingerprint density at radius 3 is 2.83 bits per heavy atom. The van der Waals surface area contributed by atoms with Crippen LogP contribution in [0.5, 0.6) is 5.75 Å². The maximum absolute atomic E-state index is 6.33. The maximum atomic E-state index is 6.33. The number of para-hydroxylation sites is 1. The average molecular weight is 347 g/mol. The molecule has 0 saturated carbocycles. The van der Waals surface area contributed by atoms with Gasteiger partial charge in [0.25, 0.3) is 0 Å². The highest BCUT2D eigenvalue weighted by molar-refractivity contribution is 7.80. The second-order valence-electron chi connectivity index (χ2n) is 5.76. The van der Waals surface area contributed by atoms with E-state index < -0.39 is 0 Å². The van der Waals surface area contributed by atoms with Gasteiger partial charge in [0, 0.05) is 12.0 Å². The number of benzene rings is 2. The number of aryl methyl sites for hydroxylation is 2. The highest BCUT2D eigenvalue weighted by atomic mass is 35.5. The van der Waals surface area contributed by atoms with E-state index >= 15 is 0 Å². The molecule has 0 spiro atoms. The predicted octanol–water partition coefficient (Wildman–Crippen LogP) is 4.77. The Bertz CT molecular complexity index is 725. The summed E-state index contributed by atoms with van der Waals surface area (Å²) in [5.74, 6) is 0.920. The fourth-order valence-corrected chi connectivity index (χ4v) is 3.49. The van der Waals surface area contributed by atoms with Crippen LogP contribution in [0.15, 0.2) is 36.4 Å². The first-order valence-electron chi connectivity index (χ1n) is 7.60. The molecule has 120 valence electrons. The van der Waals surface area contributed by atoms with Crippen LogP contribution in [-0.2, 0) is 0 Å². The zero-order valence-electron chi connectivity index (χ0n) is 13.2. The fourth-order valence-electron chi connectivity index (χ4n) is 2.87. The quantitative estimate of drug-likeness (QED) is 0.767. The van der Waals surface area contributed by atoms with Crippen molar-refractivity contribution in [1.82, 2.24) is 5.32 Å². The van der Waals surface area contributed by atoms with Gasteiger partial charge in [-0.1, -0.05) is 35.9 Å². The van der Waals surface area contributed by atoms with E-state index in [9.17, 15) is 0 Å². The second kappa shape index (κ2) is 6.77. The number of thiocarbonyl (C=S) groups is 1. The molecule has 0 unspecified atom stereocenters. The summed E-state index contributed by atoms with van der Waals surface area (Å²) in [6, 6.07) is 12.2. The molecule has 1 atom stereocenters. The van der Waals surface area contributed by atoms with E-state index in [1.54, 1.807) is 0 Å². The summed E-state index contributed by atoms with van der Waals surface area (Å²) in [6.07, 6.45) is 0.874. The minimum absolute atomic E-state index is 0.143. The van der Waals surface area contributed by atoms with Crippen LogP contribution < -0.4 is 15.4 Å². The van der Waals surface area contributed by atoms with Crippen molar-refractivity contribution in [3.05, 3.63) is 58.1 Å². The molecule has 2 aromatic carbocycles. The van der Waals surface area contributed by atoms with Gasteiger partial charge in [-0.05, 0) is 49.3 Å². The second-order valence-corrected chi connectivity index (χ2v) is 6.58. The number of fused-ring (bicyclic) bond motifs is 1. The van der Waals surface area contributed by atoms with Crippen LogP contribution in [0.1, 0.15) is 29.2 Å². The first-order valence-corrected chi connectivity index (χ1v) is 8.39. The van der Waals surface area contributed by atoms with Gasteiger partial charge < -0.3 is 15.4 Å². The van der Waals surface area contributed by atoms with Crippen LogP contribution in [0.2, 0.25) is 5.02 Å². The van der Waals surface area contributed by atoms with Crippen LogP contribution in [-0.4, -0.2) is 11.7 Å². The highest BCUT2D eigenvalue weighted by Crippen LogP contribution is 2.32. The van der Waals surface area contributed by atoms with Gasteiger partial charge in [-0.3, -0.25) is 0 Å². The fraction of sp³-hybridized carbons (Fsp3) is 0.278. The highest BCUT2D eigenvalue weighted by Gasteiger charge is 2.21. The molecule has 1 aliphatic heterocycles. The molecule has 2 N–H and O–H groups in total. The molecular formula is C18H19ClN2OS. The standard InChI is InChI=1S/C18H19ClN2OS/c1-11-9-12(2)17(14(19)10-11)21-18(23)20-15-7-8-22-16-6-4-3-5-13(15)16/h3-6,9-10,15H,7-8H2,1-2H3,(H2,20,21,23)/t15-/m1/s1. The molecule has 0 radical (unpaired) electrons. The number of hydrogen-bond acceptors (Lipinski definition) is 2. The van der Waals surface area contributed by atoms with Crippen LogP contribution in [0.3, 0.4) is 0 Å². The number of anilines is 1. The molecule has 2 aromatic rings. The lowest BCUT2D eigenvalue weighted by Crippen LogP contribution is -2.35. The van der Waals surface area contributed by atoms with Crippen molar-refractivity contribution in [2.75, 3.05) is 11.9 Å². The minimum atomic E-state index is 0.143. The van der Waals surface area contributed by atoms with Gasteiger partial charge >= 0.3 is 0 Å². The maximum Gasteiger partial charge on any atom is 0.171 e. The molecule has 0 bridgehead atoms. The Morgan fingerprint density at radius 2 is 2.04 bits per heavy atom. The van der Waals surface area contributed by atoms with E-state index in [1.165, 1.54) is 0 Å². The van der Waals surface area contributed by atoms with Gasteiger partial charge in [0.1, 0.15) is 5.75 Å². The molecule has 3 nitrogen and oxygen atoms in total. The van der Waals surface area contributed by atoms with Gasteiger partial charge in [0.2, 0.25) is 0 Å². The smallest absolute Gasteiger partial charge is 0.171 e. The zero-order chi connectivity index (χ0) is 16.4. The molecule has 1 aliphatic rings. The van der Waals surface area contributed by atoms with Crippen molar-refractivity contribution in [3.63, 3.8) is 0 Å². The normalized spacial score (nSPS) is 16.2. The Hall–Kier alpha value is -1.78. The summed E-state index contributed by atoms with van der Waals surface area (Å²) < 4.78 is 5.68. The number of ether oxygens (including phenoxy) is 1. The Morgan fingerprint density at radius 1 is 1.26 bits per heavy atom. The van der Waals surface area contributed by atoms with Gasteiger partial charge in [-0.15, -0.1) is 0 Å². The van der Waals surface area contributed by atoms with E-state index in [1.807, 2.05) is 38.1 Å². The lowest BCUT2D eigenvalue weighted by Gasteiger charge is -2.28. The Balaban J connectivity index is 1.74. The van der Waals surface area contributed by atoms with Crippen molar-refractivity contribution in [1.29, 1.82) is 0 Å². The first kappa shape index (κ1) is 16.1. The molecular weight excluding hydrogens is 328 g/mol. The van der Waals surface area contributed by atoms with Crippen LogP contribution >= 0.6 is 23.8 Å². The molecule has 0 aliphatic carbocycles. The third-order valence-electron chi connectivity index (χ3n) is 3.93. The summed E-state index contributed by atoms with van der Waals surface area (Å²) in [7, 11) is 0. The van der Waals surface area contributed by atoms with E-state index in [0.29, 0.717) is 16.7 Å². The van der Waals surface area contributed by atoms with Crippen molar-refractivity contribution in [3.8, 4) is 5.75 Å². The molecule has 3 rings (SSSR count). The molecule has 5 heteroatoms. The lowest BCUT2D eigenvalue weighted by molar-refractivity contribution is 0.262. The predicted molar refractivity (Wildman–Crippen MR) is 99.6 cm³/mol. The SMILES string of the molecule is Cc1cc(C)c(NC(=S)N[C@@H]2CCOc3ccccc32)c(Cl)c1. The van der Waals surface area contributed by atoms with E-state index in [4.69, 9.17) is 28.6 Å². The average Bonchev–Trinajstić information content (AvgIpc) is 2.51. The van der Waals surface area contributed by atoms with Gasteiger partial charge in [0.15, 0.2) is 5.11 Å². The molecule has 0 aromatic heterocycles. The molecule has 0 amide bonds. The van der Waals surface area contributed by atoms with Crippen molar-refractivity contribution >= 4 is 34.6 Å². The van der Waals surface area contributed by atoms with E-state index in [-0.39, 0.29) is 6.04 Å². The molecule has 0 fully saturated rings. The van der Waals surface area contributed by atoms with Crippen molar-refractivity contribution < 1.29 is 4.74 Å². The molecule has 1 heterocycles. The van der Waals surface area contributed by atoms with Crippen molar-refractivity contribution in [2.24, 2.45) is 0 Å². The molecule has 23 heavy (non-hydrogen) atoms. The van der Waals surface area contributed by atoms with Crippen molar-refractivity contribution in [2.45, 2.75) is 26.3 Å². The van der Waals surface area contributed by atoms with Gasteiger partial charge in [0.05, 0.1) is 23.4 Å². The monoisotopic (exact) mass is 346 g/mol. The first-order chi connectivity index (χ1) is 11.0. The van der Waals surface area contributed by atoms with E-state index in [0.717, 1.165) is 34.5 Å². The molecule has 0 saturated heterocycles. The number of hydrogen-bond donors (Lipinski definition) is 2. The van der Waals surface area contributed by atoms with Crippen LogP contribution in [0.25, 0.3) is 0 Å². The zero-order valence-corrected chi connectivity index (χ0v) is 14.7. The van der Waals surface area contributed by atoms with Crippen LogP contribution in [0.4, 0.5) is 5.69 Å². The van der Waals surface area contributed by atoms with Gasteiger partial charge in [-0.2, -0.15) is 0 Å². The summed E-state index contributed by atoms with van der Waals surface area (Å²) >= 11 is 11.8.